The Kier molecular flexibility index (Phi) is 3.89. The van der Waals surface area contributed by atoms with Crippen molar-refractivity contribution in [2.24, 2.45) is 0 Å². The Bertz CT molecular complexity index is 924. The van der Waals surface area contributed by atoms with Gasteiger partial charge < -0.3 is 20.3 Å². The number of nitrogen functional groups attached to an aromatic ring is 1. The Morgan fingerprint density at radius 3 is 2.64 bits per heavy atom. The number of para-hydroxylation sites is 1. The Morgan fingerprint density at radius 1 is 1.20 bits per heavy atom. The highest BCUT2D eigenvalue weighted by Crippen LogP contribution is 2.32. The molecule has 0 unspecified atom stereocenters. The molecule has 0 spiro atoms. The molecule has 0 bridgehead atoms. The van der Waals surface area contributed by atoms with E-state index in [4.69, 9.17) is 10.7 Å². The van der Waals surface area contributed by atoms with E-state index in [0.717, 1.165) is 60.1 Å². The summed E-state index contributed by atoms with van der Waals surface area (Å²) in [5.41, 5.74) is 8.09. The number of benzene rings is 1. The van der Waals surface area contributed by atoms with Crippen LogP contribution in [0, 0.1) is 0 Å². The number of pyridine rings is 1. The SMILES string of the molecule is CCc1nc2c(N)nc3ccccc3c2n1CC1(O)CCN(C)CC1. The second-order valence-corrected chi connectivity index (χ2v) is 7.21. The van der Waals surface area contributed by atoms with E-state index in [0.29, 0.717) is 12.4 Å². The average Bonchev–Trinajstić information content (AvgIpc) is 2.97. The normalized spacial score (nSPS) is 18.2. The van der Waals surface area contributed by atoms with Gasteiger partial charge in [0, 0.05) is 24.9 Å². The maximum Gasteiger partial charge on any atom is 0.152 e. The zero-order valence-electron chi connectivity index (χ0n) is 14.9. The van der Waals surface area contributed by atoms with Crippen molar-refractivity contribution in [3.05, 3.63) is 30.1 Å². The topological polar surface area (TPSA) is 80.2 Å². The maximum absolute atomic E-state index is 11.2. The van der Waals surface area contributed by atoms with Gasteiger partial charge in [-0.05, 0) is 26.0 Å². The zero-order chi connectivity index (χ0) is 17.6. The zero-order valence-corrected chi connectivity index (χ0v) is 14.9. The molecule has 0 amide bonds. The monoisotopic (exact) mass is 339 g/mol. The predicted octanol–water partition coefficient (Wildman–Crippen LogP) is 2.19. The molecule has 0 atom stereocenters. The summed E-state index contributed by atoms with van der Waals surface area (Å²) >= 11 is 0. The Hall–Kier alpha value is -2.18. The van der Waals surface area contributed by atoms with Crippen LogP contribution in [0.4, 0.5) is 5.82 Å². The lowest BCUT2D eigenvalue weighted by atomic mass is 9.91. The second-order valence-electron chi connectivity index (χ2n) is 7.21. The van der Waals surface area contributed by atoms with Gasteiger partial charge in [0.2, 0.25) is 0 Å². The molecule has 1 aromatic carbocycles. The number of hydrogen-bond acceptors (Lipinski definition) is 5. The van der Waals surface area contributed by atoms with Gasteiger partial charge in [-0.15, -0.1) is 0 Å². The number of aliphatic hydroxyl groups is 1. The van der Waals surface area contributed by atoms with E-state index in [1.807, 2.05) is 18.2 Å². The van der Waals surface area contributed by atoms with Gasteiger partial charge in [0.25, 0.3) is 0 Å². The predicted molar refractivity (Wildman–Crippen MR) is 101 cm³/mol. The molecule has 1 fully saturated rings. The highest BCUT2D eigenvalue weighted by atomic mass is 16.3. The molecule has 1 saturated heterocycles. The number of hydrogen-bond donors (Lipinski definition) is 2. The molecule has 0 radical (unpaired) electrons. The fourth-order valence-corrected chi connectivity index (χ4v) is 3.83. The minimum absolute atomic E-state index is 0.456. The quantitative estimate of drug-likeness (QED) is 0.764. The fourth-order valence-electron chi connectivity index (χ4n) is 3.83. The van der Waals surface area contributed by atoms with Crippen molar-refractivity contribution in [3.63, 3.8) is 0 Å². The van der Waals surface area contributed by atoms with Gasteiger partial charge in [-0.1, -0.05) is 25.1 Å². The first-order valence-electron chi connectivity index (χ1n) is 8.95. The van der Waals surface area contributed by atoms with E-state index in [9.17, 15) is 5.11 Å². The number of nitrogens with zero attached hydrogens (tertiary/aromatic N) is 4. The lowest BCUT2D eigenvalue weighted by Crippen LogP contribution is -2.45. The van der Waals surface area contributed by atoms with Crippen molar-refractivity contribution in [2.75, 3.05) is 25.9 Å². The minimum Gasteiger partial charge on any atom is -0.388 e. The number of aryl methyl sites for hydroxylation is 1. The van der Waals surface area contributed by atoms with E-state index >= 15 is 0 Å². The molecule has 2 aromatic heterocycles. The van der Waals surface area contributed by atoms with Gasteiger partial charge in [0.05, 0.1) is 23.2 Å². The van der Waals surface area contributed by atoms with Crippen LogP contribution in [-0.4, -0.2) is 50.3 Å². The van der Waals surface area contributed by atoms with Crippen LogP contribution >= 0.6 is 0 Å². The third kappa shape index (κ3) is 2.75. The van der Waals surface area contributed by atoms with E-state index in [1.54, 1.807) is 0 Å². The minimum atomic E-state index is -0.705. The van der Waals surface area contributed by atoms with E-state index < -0.39 is 5.60 Å². The summed E-state index contributed by atoms with van der Waals surface area (Å²) in [6.07, 6.45) is 2.33. The summed E-state index contributed by atoms with van der Waals surface area (Å²) in [6.45, 7) is 4.46. The van der Waals surface area contributed by atoms with Gasteiger partial charge in [0.1, 0.15) is 11.3 Å². The lowest BCUT2D eigenvalue weighted by Gasteiger charge is -2.37. The molecule has 4 rings (SSSR count). The number of fused-ring (bicyclic) bond motifs is 3. The number of rotatable bonds is 3. The highest BCUT2D eigenvalue weighted by Gasteiger charge is 2.33. The fraction of sp³-hybridized carbons (Fsp3) is 0.474. The third-order valence-corrected chi connectivity index (χ3v) is 5.38. The molecular weight excluding hydrogens is 314 g/mol. The number of imidazole rings is 1. The third-order valence-electron chi connectivity index (χ3n) is 5.38. The number of nitrogens with two attached hydrogens (primary N) is 1. The van der Waals surface area contributed by atoms with E-state index in [-0.39, 0.29) is 0 Å². The average molecular weight is 339 g/mol. The molecule has 6 nitrogen and oxygen atoms in total. The van der Waals surface area contributed by atoms with Crippen LogP contribution < -0.4 is 5.73 Å². The molecule has 25 heavy (non-hydrogen) atoms. The van der Waals surface area contributed by atoms with Gasteiger partial charge in [-0.3, -0.25) is 0 Å². The van der Waals surface area contributed by atoms with Crippen molar-refractivity contribution < 1.29 is 5.11 Å². The largest absolute Gasteiger partial charge is 0.388 e. The van der Waals surface area contributed by atoms with Crippen LogP contribution in [0.3, 0.4) is 0 Å². The molecule has 1 aliphatic heterocycles. The number of likely N-dealkylation sites (tertiary alicyclic amines) is 1. The molecule has 132 valence electrons. The van der Waals surface area contributed by atoms with Crippen LogP contribution in [0.5, 0.6) is 0 Å². The van der Waals surface area contributed by atoms with Crippen LogP contribution in [0.2, 0.25) is 0 Å². The summed E-state index contributed by atoms with van der Waals surface area (Å²) in [6, 6.07) is 8.00. The van der Waals surface area contributed by atoms with Crippen molar-refractivity contribution in [1.82, 2.24) is 19.4 Å². The van der Waals surface area contributed by atoms with Gasteiger partial charge in [-0.2, -0.15) is 0 Å². The van der Waals surface area contributed by atoms with E-state index in [2.05, 4.69) is 34.5 Å². The first-order chi connectivity index (χ1) is 12.0. The van der Waals surface area contributed by atoms with Crippen molar-refractivity contribution >= 4 is 27.8 Å². The van der Waals surface area contributed by atoms with Gasteiger partial charge in [0.15, 0.2) is 5.82 Å². The second kappa shape index (κ2) is 5.97. The van der Waals surface area contributed by atoms with Crippen molar-refractivity contribution in [3.8, 4) is 0 Å². The van der Waals surface area contributed by atoms with Crippen LogP contribution in [0.1, 0.15) is 25.6 Å². The summed E-state index contributed by atoms with van der Waals surface area (Å²) in [7, 11) is 2.10. The lowest BCUT2D eigenvalue weighted by molar-refractivity contribution is -0.0287. The van der Waals surface area contributed by atoms with Crippen LogP contribution in [-0.2, 0) is 13.0 Å². The van der Waals surface area contributed by atoms with Gasteiger partial charge >= 0.3 is 0 Å². The number of piperidine rings is 1. The smallest absolute Gasteiger partial charge is 0.152 e. The Balaban J connectivity index is 1.90. The Labute approximate surface area is 147 Å². The number of aromatic nitrogens is 3. The molecule has 3 heterocycles. The molecule has 3 N–H and O–H groups in total. The molecule has 0 saturated carbocycles. The Morgan fingerprint density at radius 2 is 1.92 bits per heavy atom. The van der Waals surface area contributed by atoms with Crippen molar-refractivity contribution in [1.29, 1.82) is 0 Å². The molecule has 1 aliphatic rings. The first kappa shape index (κ1) is 16.3. The first-order valence-corrected chi connectivity index (χ1v) is 8.95. The molecule has 0 aliphatic carbocycles. The number of anilines is 1. The van der Waals surface area contributed by atoms with E-state index in [1.165, 1.54) is 0 Å². The summed E-state index contributed by atoms with van der Waals surface area (Å²) in [5, 5.41) is 12.2. The molecular formula is C19H25N5O. The standard InChI is InChI=1S/C19H25N5O/c1-3-15-22-16-17(13-6-4-5-7-14(13)21-18(16)20)24(15)12-19(25)8-10-23(2)11-9-19/h4-7,25H,3,8-12H2,1-2H3,(H2,20,21). The van der Waals surface area contributed by atoms with Gasteiger partial charge in [-0.25, -0.2) is 9.97 Å². The van der Waals surface area contributed by atoms with Crippen LogP contribution in [0.25, 0.3) is 21.9 Å². The highest BCUT2D eigenvalue weighted by molar-refractivity contribution is 6.06. The molecule has 6 heteroatoms. The van der Waals surface area contributed by atoms with Crippen LogP contribution in [0.15, 0.2) is 24.3 Å². The summed E-state index contributed by atoms with van der Waals surface area (Å²) in [5.74, 6) is 1.41. The summed E-state index contributed by atoms with van der Waals surface area (Å²) < 4.78 is 2.17. The summed E-state index contributed by atoms with van der Waals surface area (Å²) in [4.78, 5) is 11.5. The maximum atomic E-state index is 11.2. The van der Waals surface area contributed by atoms with Crippen molar-refractivity contribution in [2.45, 2.75) is 38.3 Å². The molecule has 3 aromatic rings.